The molecule has 0 aliphatic carbocycles. The van der Waals surface area contributed by atoms with Gasteiger partial charge in [0.15, 0.2) is 0 Å². The number of nitrogens with zero attached hydrogens (tertiary/aromatic N) is 2. The Kier molecular flexibility index (Phi) is 5.12. The van der Waals surface area contributed by atoms with Crippen LogP contribution in [0, 0.1) is 0 Å². The first-order valence-electron chi connectivity index (χ1n) is 9.40. The molecule has 0 unspecified atom stereocenters. The van der Waals surface area contributed by atoms with E-state index in [4.69, 9.17) is 13.9 Å². The Morgan fingerprint density at radius 2 is 1.72 bits per heavy atom. The highest BCUT2D eigenvalue weighted by atomic mass is 16.5. The standard InChI is InChI=1S/C22H22N2O5/c1-27-16-8-7-15-13-17(22(26)29-20(15)14-16)21(25)24-11-9-23(10-12-24)18-5-3-4-6-19(18)28-2/h3-8,13-14H,9-12H2,1-2H3. The number of rotatable bonds is 4. The summed E-state index contributed by atoms with van der Waals surface area (Å²) in [6.07, 6.45) is 0. The van der Waals surface area contributed by atoms with Gasteiger partial charge >= 0.3 is 5.63 Å². The number of piperazine rings is 1. The molecule has 0 bridgehead atoms. The number of carbonyl (C=O) groups is 1. The highest BCUT2D eigenvalue weighted by molar-refractivity contribution is 5.97. The Balaban J connectivity index is 1.52. The Bertz CT molecular complexity index is 1100. The molecular weight excluding hydrogens is 372 g/mol. The lowest BCUT2D eigenvalue weighted by atomic mass is 10.1. The number of carbonyl (C=O) groups excluding carboxylic acids is 1. The topological polar surface area (TPSA) is 72.2 Å². The summed E-state index contributed by atoms with van der Waals surface area (Å²) in [5.41, 5.74) is 0.810. The number of methoxy groups -OCH3 is 2. The van der Waals surface area contributed by atoms with E-state index in [0.29, 0.717) is 42.9 Å². The Labute approximate surface area is 168 Å². The molecular formula is C22H22N2O5. The molecule has 1 aliphatic heterocycles. The molecule has 1 aliphatic rings. The van der Waals surface area contributed by atoms with Crippen LogP contribution >= 0.6 is 0 Å². The lowest BCUT2D eigenvalue weighted by Gasteiger charge is -2.36. The second-order valence-electron chi connectivity index (χ2n) is 6.80. The fourth-order valence-corrected chi connectivity index (χ4v) is 3.58. The predicted octanol–water partition coefficient (Wildman–Crippen LogP) is 2.77. The van der Waals surface area contributed by atoms with E-state index < -0.39 is 5.63 Å². The third-order valence-corrected chi connectivity index (χ3v) is 5.17. The zero-order valence-electron chi connectivity index (χ0n) is 16.4. The van der Waals surface area contributed by atoms with Gasteiger partial charge in [-0.25, -0.2) is 4.79 Å². The summed E-state index contributed by atoms with van der Waals surface area (Å²) in [5.74, 6) is 1.08. The highest BCUT2D eigenvalue weighted by Crippen LogP contribution is 2.28. The first-order chi connectivity index (χ1) is 14.1. The Morgan fingerprint density at radius 3 is 2.45 bits per heavy atom. The molecule has 2 heterocycles. The van der Waals surface area contributed by atoms with Crippen molar-refractivity contribution in [2.75, 3.05) is 45.3 Å². The molecule has 0 saturated carbocycles. The monoisotopic (exact) mass is 394 g/mol. The van der Waals surface area contributed by atoms with Crippen LogP contribution in [0.3, 0.4) is 0 Å². The fourth-order valence-electron chi connectivity index (χ4n) is 3.58. The smallest absolute Gasteiger partial charge is 0.349 e. The second-order valence-corrected chi connectivity index (χ2v) is 6.80. The van der Waals surface area contributed by atoms with Gasteiger partial charge in [0.1, 0.15) is 22.6 Å². The maximum absolute atomic E-state index is 13.0. The van der Waals surface area contributed by atoms with Crippen molar-refractivity contribution in [2.45, 2.75) is 0 Å². The van der Waals surface area contributed by atoms with E-state index >= 15 is 0 Å². The molecule has 2 aromatic carbocycles. The van der Waals surface area contributed by atoms with E-state index in [1.54, 1.807) is 43.4 Å². The van der Waals surface area contributed by atoms with Gasteiger partial charge in [0.25, 0.3) is 5.91 Å². The molecule has 7 heteroatoms. The average molecular weight is 394 g/mol. The number of hydrogen-bond donors (Lipinski definition) is 0. The molecule has 150 valence electrons. The van der Waals surface area contributed by atoms with Gasteiger partial charge in [-0.2, -0.15) is 0 Å². The number of hydrogen-bond acceptors (Lipinski definition) is 6. The van der Waals surface area contributed by atoms with Crippen molar-refractivity contribution in [3.05, 3.63) is 64.5 Å². The van der Waals surface area contributed by atoms with Crippen molar-refractivity contribution >= 4 is 22.6 Å². The molecule has 1 saturated heterocycles. The van der Waals surface area contributed by atoms with Gasteiger partial charge < -0.3 is 23.7 Å². The van der Waals surface area contributed by atoms with Crippen LogP contribution in [0.2, 0.25) is 0 Å². The van der Waals surface area contributed by atoms with Crippen LogP contribution in [0.25, 0.3) is 11.0 Å². The zero-order chi connectivity index (χ0) is 20.4. The first kappa shape index (κ1) is 18.9. The quantitative estimate of drug-likeness (QED) is 0.634. The van der Waals surface area contributed by atoms with E-state index in [1.165, 1.54) is 0 Å². The third-order valence-electron chi connectivity index (χ3n) is 5.17. The van der Waals surface area contributed by atoms with Gasteiger partial charge in [0.2, 0.25) is 0 Å². The van der Waals surface area contributed by atoms with Crippen LogP contribution in [0.15, 0.2) is 57.7 Å². The van der Waals surface area contributed by atoms with E-state index in [2.05, 4.69) is 4.90 Å². The van der Waals surface area contributed by atoms with Crippen LogP contribution in [-0.2, 0) is 0 Å². The Hall–Kier alpha value is -3.48. The van der Waals surface area contributed by atoms with E-state index in [0.717, 1.165) is 11.4 Å². The van der Waals surface area contributed by atoms with Gasteiger partial charge in [0.05, 0.1) is 19.9 Å². The average Bonchev–Trinajstić information content (AvgIpc) is 2.77. The minimum Gasteiger partial charge on any atom is -0.497 e. The molecule has 0 radical (unpaired) electrons. The minimum atomic E-state index is -0.636. The molecule has 29 heavy (non-hydrogen) atoms. The largest absolute Gasteiger partial charge is 0.497 e. The third kappa shape index (κ3) is 3.63. The van der Waals surface area contributed by atoms with Gasteiger partial charge in [-0.3, -0.25) is 4.79 Å². The SMILES string of the molecule is COc1ccc2cc(C(=O)N3CCN(c4ccccc4OC)CC3)c(=O)oc2c1. The zero-order valence-corrected chi connectivity index (χ0v) is 16.4. The molecule has 1 fully saturated rings. The first-order valence-corrected chi connectivity index (χ1v) is 9.40. The van der Waals surface area contributed by atoms with Crippen LogP contribution in [0.5, 0.6) is 11.5 Å². The Morgan fingerprint density at radius 1 is 0.966 bits per heavy atom. The number of amides is 1. The summed E-state index contributed by atoms with van der Waals surface area (Å²) >= 11 is 0. The lowest BCUT2D eigenvalue weighted by molar-refractivity contribution is 0.0742. The normalized spacial score (nSPS) is 14.1. The van der Waals surface area contributed by atoms with Crippen molar-refractivity contribution in [3.63, 3.8) is 0 Å². The van der Waals surface area contributed by atoms with Gasteiger partial charge in [-0.05, 0) is 30.3 Å². The number of ether oxygens (including phenoxy) is 2. The maximum Gasteiger partial charge on any atom is 0.349 e. The van der Waals surface area contributed by atoms with Crippen molar-refractivity contribution in [3.8, 4) is 11.5 Å². The van der Waals surface area contributed by atoms with Gasteiger partial charge in [-0.1, -0.05) is 12.1 Å². The van der Waals surface area contributed by atoms with E-state index in [1.807, 2.05) is 24.3 Å². The molecule has 0 atom stereocenters. The second kappa shape index (κ2) is 7.87. The lowest BCUT2D eigenvalue weighted by Crippen LogP contribution is -2.49. The predicted molar refractivity (Wildman–Crippen MR) is 110 cm³/mol. The summed E-state index contributed by atoms with van der Waals surface area (Å²) in [7, 11) is 3.19. The minimum absolute atomic E-state index is 0.0495. The van der Waals surface area contributed by atoms with E-state index in [-0.39, 0.29) is 11.5 Å². The number of para-hydroxylation sites is 2. The van der Waals surface area contributed by atoms with Crippen LogP contribution in [-0.4, -0.2) is 51.2 Å². The molecule has 1 amide bonds. The molecule has 4 rings (SSSR count). The summed E-state index contributed by atoms with van der Waals surface area (Å²) in [4.78, 5) is 29.2. The van der Waals surface area contributed by atoms with E-state index in [9.17, 15) is 9.59 Å². The van der Waals surface area contributed by atoms with Crippen LogP contribution in [0.4, 0.5) is 5.69 Å². The van der Waals surface area contributed by atoms with Crippen molar-refractivity contribution in [1.29, 1.82) is 0 Å². The number of anilines is 1. The van der Waals surface area contributed by atoms with Gasteiger partial charge in [-0.15, -0.1) is 0 Å². The summed E-state index contributed by atoms with van der Waals surface area (Å²) < 4.78 is 15.9. The number of fused-ring (bicyclic) bond motifs is 1. The summed E-state index contributed by atoms with van der Waals surface area (Å²) in [5, 5.41) is 0.682. The highest BCUT2D eigenvalue weighted by Gasteiger charge is 2.26. The molecule has 0 N–H and O–H groups in total. The number of benzene rings is 2. The summed E-state index contributed by atoms with van der Waals surface area (Å²) in [6, 6.07) is 14.6. The van der Waals surface area contributed by atoms with Gasteiger partial charge in [0, 0.05) is 37.6 Å². The van der Waals surface area contributed by atoms with Crippen molar-refractivity contribution < 1.29 is 18.7 Å². The maximum atomic E-state index is 13.0. The van der Waals surface area contributed by atoms with Crippen molar-refractivity contribution in [1.82, 2.24) is 4.90 Å². The molecule has 3 aromatic rings. The van der Waals surface area contributed by atoms with Crippen LogP contribution < -0.4 is 20.0 Å². The fraction of sp³-hybridized carbons (Fsp3) is 0.273. The van der Waals surface area contributed by atoms with Crippen LogP contribution in [0.1, 0.15) is 10.4 Å². The molecule has 1 aromatic heterocycles. The van der Waals surface area contributed by atoms with Crippen molar-refractivity contribution in [2.24, 2.45) is 0 Å². The summed E-state index contributed by atoms with van der Waals surface area (Å²) in [6.45, 7) is 2.33. The molecule has 7 nitrogen and oxygen atoms in total. The molecule has 0 spiro atoms.